The first-order valence-electron chi connectivity index (χ1n) is 5.92. The van der Waals surface area contributed by atoms with Gasteiger partial charge in [-0.3, -0.25) is 10.2 Å². The second kappa shape index (κ2) is 4.10. The Kier molecular flexibility index (Phi) is 2.56. The van der Waals surface area contributed by atoms with Crippen molar-refractivity contribution in [2.24, 2.45) is 7.05 Å². The first kappa shape index (κ1) is 11.2. The second-order valence-electron chi connectivity index (χ2n) is 4.37. The van der Waals surface area contributed by atoms with Gasteiger partial charge in [0, 0.05) is 29.7 Å². The number of fused-ring (bicyclic) bond motifs is 1. The molecule has 3 rings (SSSR count). The van der Waals surface area contributed by atoms with Crippen LogP contribution in [0.1, 0.15) is 12.5 Å². The third kappa shape index (κ3) is 1.67. The van der Waals surface area contributed by atoms with E-state index in [0.29, 0.717) is 4.77 Å². The van der Waals surface area contributed by atoms with E-state index in [0.717, 1.165) is 17.8 Å². The maximum absolute atomic E-state index is 4.98. The Balaban J connectivity index is 2.24. The number of rotatable bonds is 2. The molecule has 0 saturated carbocycles. The van der Waals surface area contributed by atoms with Gasteiger partial charge in [-0.1, -0.05) is 6.92 Å². The number of nitrogens with one attached hydrogen (secondary N) is 2. The second-order valence-corrected chi connectivity index (χ2v) is 4.75. The number of H-pyrrole nitrogens is 2. The lowest BCUT2D eigenvalue weighted by Crippen LogP contribution is -1.85. The highest BCUT2D eigenvalue weighted by Gasteiger charge is 2.08. The Labute approximate surface area is 110 Å². The topological polar surface area (TPSA) is 49.4 Å². The summed E-state index contributed by atoms with van der Waals surface area (Å²) in [6.45, 7) is 2.17. The van der Waals surface area contributed by atoms with Crippen LogP contribution in [0.15, 0.2) is 24.4 Å². The first-order valence-corrected chi connectivity index (χ1v) is 6.33. The molecule has 0 amide bonds. The van der Waals surface area contributed by atoms with Gasteiger partial charge in [0.15, 0.2) is 5.82 Å². The largest absolute Gasteiger partial charge is 0.350 e. The summed E-state index contributed by atoms with van der Waals surface area (Å²) >= 11 is 4.98. The van der Waals surface area contributed by atoms with Crippen LogP contribution in [0.5, 0.6) is 0 Å². The molecule has 5 heteroatoms. The van der Waals surface area contributed by atoms with E-state index in [2.05, 4.69) is 58.1 Å². The number of aryl methyl sites for hydroxylation is 2. The molecular weight excluding hydrogens is 244 g/mol. The van der Waals surface area contributed by atoms with Crippen LogP contribution in [0.2, 0.25) is 0 Å². The zero-order chi connectivity index (χ0) is 12.7. The highest BCUT2D eigenvalue weighted by atomic mass is 32.1. The fraction of sp³-hybridized carbons (Fsp3) is 0.231. The zero-order valence-electron chi connectivity index (χ0n) is 10.3. The number of nitrogens with zero attached hydrogens (tertiary/aromatic N) is 2. The number of benzene rings is 1. The van der Waals surface area contributed by atoms with Gasteiger partial charge >= 0.3 is 0 Å². The molecule has 2 N–H and O–H groups in total. The van der Waals surface area contributed by atoms with E-state index in [1.807, 2.05) is 0 Å². The Bertz CT molecular complexity index is 763. The highest BCUT2D eigenvalue weighted by Crippen LogP contribution is 2.26. The van der Waals surface area contributed by atoms with Gasteiger partial charge in [-0.25, -0.2) is 0 Å². The van der Waals surface area contributed by atoms with E-state index in [1.165, 1.54) is 16.5 Å². The molecule has 0 unspecified atom stereocenters. The molecule has 4 nitrogen and oxygen atoms in total. The third-order valence-electron chi connectivity index (χ3n) is 3.23. The van der Waals surface area contributed by atoms with Crippen LogP contribution in [0.3, 0.4) is 0 Å². The van der Waals surface area contributed by atoms with E-state index in [-0.39, 0.29) is 0 Å². The van der Waals surface area contributed by atoms with Crippen LogP contribution in [-0.2, 0) is 13.5 Å². The fourth-order valence-corrected chi connectivity index (χ4v) is 2.45. The van der Waals surface area contributed by atoms with Gasteiger partial charge in [0.2, 0.25) is 4.77 Å². The third-order valence-corrected chi connectivity index (χ3v) is 3.42. The molecule has 2 aromatic heterocycles. The maximum atomic E-state index is 4.98. The number of aromatic nitrogens is 4. The van der Waals surface area contributed by atoms with Crippen molar-refractivity contribution in [3.05, 3.63) is 34.7 Å². The minimum absolute atomic E-state index is 0.480. The van der Waals surface area contributed by atoms with E-state index in [4.69, 9.17) is 12.2 Å². The molecule has 0 saturated heterocycles. The van der Waals surface area contributed by atoms with Crippen molar-refractivity contribution < 1.29 is 0 Å². The summed E-state index contributed by atoms with van der Waals surface area (Å²) in [5, 5.41) is 7.08. The molecule has 0 radical (unpaired) electrons. The Morgan fingerprint density at radius 3 is 2.83 bits per heavy atom. The predicted octanol–water partition coefficient (Wildman–Crippen LogP) is 3.19. The maximum Gasteiger partial charge on any atom is 0.213 e. The van der Waals surface area contributed by atoms with Crippen LogP contribution in [0, 0.1) is 4.77 Å². The van der Waals surface area contributed by atoms with E-state index in [9.17, 15) is 0 Å². The van der Waals surface area contributed by atoms with Crippen molar-refractivity contribution in [1.29, 1.82) is 0 Å². The molecule has 0 fully saturated rings. The number of hydrogen-bond donors (Lipinski definition) is 2. The van der Waals surface area contributed by atoms with Gasteiger partial charge in [0.1, 0.15) is 0 Å². The molecule has 3 aromatic rings. The van der Waals surface area contributed by atoms with Crippen LogP contribution >= 0.6 is 12.2 Å². The summed E-state index contributed by atoms with van der Waals surface area (Å²) in [4.78, 5) is 4.25. The lowest BCUT2D eigenvalue weighted by molar-refractivity contribution is 0.954. The monoisotopic (exact) mass is 258 g/mol. The van der Waals surface area contributed by atoms with Crippen LogP contribution in [-0.4, -0.2) is 19.7 Å². The van der Waals surface area contributed by atoms with E-state index >= 15 is 0 Å². The Morgan fingerprint density at radius 1 is 1.33 bits per heavy atom. The lowest BCUT2D eigenvalue weighted by atomic mass is 10.1. The summed E-state index contributed by atoms with van der Waals surface area (Å²) < 4.78 is 2.64. The summed E-state index contributed by atoms with van der Waals surface area (Å²) in [7, 11) is 2.07. The van der Waals surface area contributed by atoms with Gasteiger partial charge in [0.05, 0.1) is 0 Å². The van der Waals surface area contributed by atoms with Crippen LogP contribution in [0.4, 0.5) is 0 Å². The highest BCUT2D eigenvalue weighted by molar-refractivity contribution is 7.71. The minimum Gasteiger partial charge on any atom is -0.350 e. The molecule has 0 aliphatic heterocycles. The standard InChI is InChI=1S/C13H14N4S/c1-3-8-7-17(2)11-5-4-9(6-10(8)11)12-14-13(18)16-15-12/h4-7H,3H2,1-2H3,(H2,14,15,16,18). The average Bonchev–Trinajstić information content (AvgIpc) is 2.93. The Hall–Kier alpha value is -1.88. The molecule has 2 heterocycles. The quantitative estimate of drug-likeness (QED) is 0.693. The van der Waals surface area contributed by atoms with Gasteiger partial charge in [-0.05, 0) is 42.4 Å². The first-order chi connectivity index (χ1) is 8.69. The summed E-state index contributed by atoms with van der Waals surface area (Å²) in [6.07, 6.45) is 3.21. The van der Waals surface area contributed by atoms with Crippen molar-refractivity contribution in [3.8, 4) is 11.4 Å². The van der Waals surface area contributed by atoms with Crippen molar-refractivity contribution in [2.75, 3.05) is 0 Å². The Morgan fingerprint density at radius 2 is 2.17 bits per heavy atom. The van der Waals surface area contributed by atoms with E-state index in [1.54, 1.807) is 0 Å². The van der Waals surface area contributed by atoms with E-state index < -0.39 is 0 Å². The average molecular weight is 258 g/mol. The van der Waals surface area contributed by atoms with Crippen LogP contribution < -0.4 is 0 Å². The number of aromatic amines is 2. The van der Waals surface area contributed by atoms with Gasteiger partial charge in [0.25, 0.3) is 0 Å². The summed E-state index contributed by atoms with van der Waals surface area (Å²) in [5.41, 5.74) is 3.64. The van der Waals surface area contributed by atoms with Crippen molar-refractivity contribution in [2.45, 2.75) is 13.3 Å². The van der Waals surface area contributed by atoms with Gasteiger partial charge < -0.3 is 4.57 Å². The minimum atomic E-state index is 0.480. The summed E-state index contributed by atoms with van der Waals surface area (Å²) in [6, 6.07) is 6.34. The number of hydrogen-bond acceptors (Lipinski definition) is 2. The van der Waals surface area contributed by atoms with Crippen molar-refractivity contribution in [3.63, 3.8) is 0 Å². The van der Waals surface area contributed by atoms with Gasteiger partial charge in [-0.15, -0.1) is 0 Å². The molecule has 18 heavy (non-hydrogen) atoms. The molecule has 0 atom stereocenters. The van der Waals surface area contributed by atoms with Crippen molar-refractivity contribution >= 4 is 23.1 Å². The molecule has 92 valence electrons. The molecular formula is C13H14N4S. The predicted molar refractivity (Wildman–Crippen MR) is 75.1 cm³/mol. The lowest BCUT2D eigenvalue weighted by Gasteiger charge is -2.00. The molecule has 0 bridgehead atoms. The summed E-state index contributed by atoms with van der Waals surface area (Å²) in [5.74, 6) is 0.785. The normalized spacial score (nSPS) is 11.2. The molecule has 1 aromatic carbocycles. The van der Waals surface area contributed by atoms with Crippen LogP contribution in [0.25, 0.3) is 22.3 Å². The zero-order valence-corrected chi connectivity index (χ0v) is 11.1. The molecule has 0 aliphatic carbocycles. The smallest absolute Gasteiger partial charge is 0.213 e. The SMILES string of the molecule is CCc1cn(C)c2ccc(-c3nc(=S)[nH][nH]3)cc12. The van der Waals surface area contributed by atoms with Gasteiger partial charge in [-0.2, -0.15) is 4.98 Å². The molecule has 0 spiro atoms. The molecule has 0 aliphatic rings. The fourth-order valence-electron chi connectivity index (χ4n) is 2.31. The van der Waals surface area contributed by atoms with Crippen molar-refractivity contribution in [1.82, 2.24) is 19.7 Å².